The molecule has 4 nitrogen and oxygen atoms in total. The molecule has 1 aromatic heterocycles. The number of nitrogens with one attached hydrogen (secondary N) is 1. The fourth-order valence-corrected chi connectivity index (χ4v) is 1.44. The molecule has 0 spiro atoms. The van der Waals surface area contributed by atoms with Crippen LogP contribution in [0.15, 0.2) is 29.7 Å². The van der Waals surface area contributed by atoms with Crippen LogP contribution >= 0.6 is 11.6 Å². The summed E-state index contributed by atoms with van der Waals surface area (Å²) in [6.45, 7) is 4.15. The maximum absolute atomic E-state index is 11.9. The lowest BCUT2D eigenvalue weighted by molar-refractivity contribution is 0.0797. The van der Waals surface area contributed by atoms with Gasteiger partial charge in [0, 0.05) is 25.9 Å². The number of carbonyl (C=O) groups is 1. The second-order valence-electron chi connectivity index (χ2n) is 3.36. The fraction of sp³-hybridized carbons (Fsp3) is 0.273. The molecule has 0 fully saturated rings. The number of rotatable bonds is 4. The van der Waals surface area contributed by atoms with E-state index in [0.717, 1.165) is 0 Å². The number of carbonyl (C=O) groups excluding carboxylic acids is 1. The topological polar surface area (TPSA) is 53.2 Å². The summed E-state index contributed by atoms with van der Waals surface area (Å²) in [6, 6.07) is 1.19. The third kappa shape index (κ3) is 2.97. The van der Waals surface area contributed by atoms with Crippen LogP contribution in [-0.4, -0.2) is 29.4 Å². The maximum Gasteiger partial charge on any atom is 0.256 e. The molecule has 0 unspecified atom stereocenters. The van der Waals surface area contributed by atoms with Crippen molar-refractivity contribution >= 4 is 17.5 Å². The van der Waals surface area contributed by atoms with Crippen LogP contribution in [0, 0.1) is 0 Å². The van der Waals surface area contributed by atoms with E-state index in [-0.39, 0.29) is 16.5 Å². The second kappa shape index (κ2) is 5.51. The molecule has 1 heterocycles. The molecule has 1 amide bonds. The van der Waals surface area contributed by atoms with Gasteiger partial charge in [0.2, 0.25) is 5.56 Å². The van der Waals surface area contributed by atoms with Crippen LogP contribution in [0.2, 0.25) is 5.02 Å². The SMILES string of the molecule is C=CCCN(C)C(=O)c1c[nH]c(=O)cc1Cl. The standard InChI is InChI=1S/C11H13ClN2O2/c1-3-4-5-14(2)11(16)8-7-13-10(15)6-9(8)12/h3,6-7H,1,4-5H2,2H3,(H,13,15). The number of hydrogen-bond donors (Lipinski definition) is 1. The molecule has 0 aromatic carbocycles. The number of aromatic nitrogens is 1. The number of aromatic amines is 1. The summed E-state index contributed by atoms with van der Waals surface area (Å²) < 4.78 is 0. The summed E-state index contributed by atoms with van der Waals surface area (Å²) in [5, 5.41) is 0.166. The van der Waals surface area contributed by atoms with Crippen LogP contribution in [0.4, 0.5) is 0 Å². The minimum absolute atomic E-state index is 0.166. The van der Waals surface area contributed by atoms with Crippen molar-refractivity contribution in [1.82, 2.24) is 9.88 Å². The monoisotopic (exact) mass is 240 g/mol. The number of H-pyrrole nitrogens is 1. The lowest BCUT2D eigenvalue weighted by atomic mass is 10.2. The van der Waals surface area contributed by atoms with Crippen LogP contribution in [-0.2, 0) is 0 Å². The Hall–Kier alpha value is -1.55. The highest BCUT2D eigenvalue weighted by Crippen LogP contribution is 2.13. The van der Waals surface area contributed by atoms with E-state index in [9.17, 15) is 9.59 Å². The summed E-state index contributed by atoms with van der Waals surface area (Å²) in [5.74, 6) is -0.219. The Morgan fingerprint density at radius 1 is 1.69 bits per heavy atom. The molecule has 0 atom stereocenters. The van der Waals surface area contributed by atoms with Gasteiger partial charge in [-0.2, -0.15) is 0 Å². The van der Waals surface area contributed by atoms with Gasteiger partial charge in [-0.15, -0.1) is 6.58 Å². The maximum atomic E-state index is 11.9. The van der Waals surface area contributed by atoms with Gasteiger partial charge < -0.3 is 9.88 Å². The first kappa shape index (κ1) is 12.5. The van der Waals surface area contributed by atoms with Crippen LogP contribution in [0.1, 0.15) is 16.8 Å². The summed E-state index contributed by atoms with van der Waals surface area (Å²) in [4.78, 5) is 26.8. The van der Waals surface area contributed by atoms with Gasteiger partial charge in [-0.25, -0.2) is 0 Å². The predicted octanol–water partition coefficient (Wildman–Crippen LogP) is 1.68. The Kier molecular flexibility index (Phi) is 4.31. The summed E-state index contributed by atoms with van der Waals surface area (Å²) in [5.41, 5.74) is -0.0249. The molecule has 86 valence electrons. The van der Waals surface area contributed by atoms with Gasteiger partial charge in [0.1, 0.15) is 0 Å². The first-order valence-electron chi connectivity index (χ1n) is 4.81. The summed E-state index contributed by atoms with van der Waals surface area (Å²) in [7, 11) is 1.67. The van der Waals surface area contributed by atoms with E-state index in [1.165, 1.54) is 17.2 Å². The highest BCUT2D eigenvalue weighted by atomic mass is 35.5. The third-order valence-corrected chi connectivity index (χ3v) is 2.43. The van der Waals surface area contributed by atoms with Crippen LogP contribution in [0.3, 0.4) is 0 Å². The zero-order valence-corrected chi connectivity index (χ0v) is 9.75. The van der Waals surface area contributed by atoms with E-state index in [1.807, 2.05) is 0 Å². The Balaban J connectivity index is 2.87. The zero-order chi connectivity index (χ0) is 12.1. The van der Waals surface area contributed by atoms with E-state index < -0.39 is 0 Å². The molecule has 0 aliphatic rings. The van der Waals surface area contributed by atoms with E-state index in [0.29, 0.717) is 18.5 Å². The first-order chi connectivity index (χ1) is 7.56. The van der Waals surface area contributed by atoms with E-state index >= 15 is 0 Å². The number of hydrogen-bond acceptors (Lipinski definition) is 2. The highest BCUT2D eigenvalue weighted by Gasteiger charge is 2.14. The zero-order valence-electron chi connectivity index (χ0n) is 9.00. The number of pyridine rings is 1. The van der Waals surface area contributed by atoms with Crippen molar-refractivity contribution in [3.8, 4) is 0 Å². The normalized spacial score (nSPS) is 9.88. The molecule has 0 saturated heterocycles. The number of halogens is 1. The first-order valence-corrected chi connectivity index (χ1v) is 5.18. The third-order valence-electron chi connectivity index (χ3n) is 2.12. The molecular formula is C11H13ClN2O2. The molecule has 1 aromatic rings. The Morgan fingerprint density at radius 2 is 2.38 bits per heavy atom. The molecule has 0 saturated carbocycles. The smallest absolute Gasteiger partial charge is 0.256 e. The van der Waals surface area contributed by atoms with Crippen molar-refractivity contribution in [3.05, 3.63) is 45.9 Å². The Labute approximate surface area is 98.5 Å². The molecule has 0 aliphatic carbocycles. The summed E-state index contributed by atoms with van der Waals surface area (Å²) >= 11 is 5.81. The molecule has 1 N–H and O–H groups in total. The molecule has 0 bridgehead atoms. The van der Waals surface area contributed by atoms with Crippen molar-refractivity contribution in [2.24, 2.45) is 0 Å². The minimum atomic E-state index is -0.324. The van der Waals surface area contributed by atoms with Crippen molar-refractivity contribution in [2.45, 2.75) is 6.42 Å². The van der Waals surface area contributed by atoms with Crippen molar-refractivity contribution in [2.75, 3.05) is 13.6 Å². The van der Waals surface area contributed by atoms with Crippen molar-refractivity contribution < 1.29 is 4.79 Å². The fourth-order valence-electron chi connectivity index (χ4n) is 1.20. The Bertz CT molecular complexity index is 454. The predicted molar refractivity (Wildman–Crippen MR) is 63.8 cm³/mol. The van der Waals surface area contributed by atoms with Crippen LogP contribution in [0.5, 0.6) is 0 Å². The van der Waals surface area contributed by atoms with Crippen LogP contribution < -0.4 is 5.56 Å². The van der Waals surface area contributed by atoms with E-state index in [1.54, 1.807) is 13.1 Å². The summed E-state index contributed by atoms with van der Waals surface area (Å²) in [6.07, 6.45) is 3.78. The van der Waals surface area contributed by atoms with Crippen molar-refractivity contribution in [1.29, 1.82) is 0 Å². The van der Waals surface area contributed by atoms with Gasteiger partial charge in [-0.3, -0.25) is 9.59 Å². The Morgan fingerprint density at radius 3 is 2.94 bits per heavy atom. The van der Waals surface area contributed by atoms with Gasteiger partial charge in [-0.1, -0.05) is 17.7 Å². The molecule has 1 rings (SSSR count). The minimum Gasteiger partial charge on any atom is -0.341 e. The van der Waals surface area contributed by atoms with Gasteiger partial charge in [0.25, 0.3) is 5.91 Å². The lowest BCUT2D eigenvalue weighted by Gasteiger charge is -2.16. The molecule has 0 aliphatic heterocycles. The average Bonchev–Trinajstić information content (AvgIpc) is 2.25. The van der Waals surface area contributed by atoms with Crippen LogP contribution in [0.25, 0.3) is 0 Å². The highest BCUT2D eigenvalue weighted by molar-refractivity contribution is 6.33. The van der Waals surface area contributed by atoms with Gasteiger partial charge in [0.05, 0.1) is 10.6 Å². The molecular weight excluding hydrogens is 228 g/mol. The van der Waals surface area contributed by atoms with Gasteiger partial charge in [0.15, 0.2) is 0 Å². The quantitative estimate of drug-likeness (QED) is 0.814. The second-order valence-corrected chi connectivity index (χ2v) is 3.77. The molecule has 0 radical (unpaired) electrons. The number of amides is 1. The van der Waals surface area contributed by atoms with Gasteiger partial charge in [-0.05, 0) is 6.42 Å². The van der Waals surface area contributed by atoms with Crippen molar-refractivity contribution in [3.63, 3.8) is 0 Å². The lowest BCUT2D eigenvalue weighted by Crippen LogP contribution is -2.28. The molecule has 5 heteroatoms. The average molecular weight is 241 g/mol. The van der Waals surface area contributed by atoms with Gasteiger partial charge >= 0.3 is 0 Å². The number of nitrogens with zero attached hydrogens (tertiary/aromatic N) is 1. The largest absolute Gasteiger partial charge is 0.341 e. The van der Waals surface area contributed by atoms with E-state index in [4.69, 9.17) is 11.6 Å². The molecule has 16 heavy (non-hydrogen) atoms. The van der Waals surface area contributed by atoms with E-state index in [2.05, 4.69) is 11.6 Å².